The van der Waals surface area contributed by atoms with Crippen LogP contribution in [0.5, 0.6) is 0 Å². The van der Waals surface area contributed by atoms with Crippen LogP contribution in [0, 0.1) is 0 Å². The molecule has 0 spiro atoms. The smallest absolute Gasteiger partial charge is 0.235 e. The number of fused-ring (bicyclic) bond motifs is 15. The Morgan fingerprint density at radius 2 is 0.823 bits per heavy atom. The maximum atomic E-state index is 5.64. The first-order valence-electron chi connectivity index (χ1n) is 21.0. The van der Waals surface area contributed by atoms with E-state index in [9.17, 15) is 0 Å². The van der Waals surface area contributed by atoms with Gasteiger partial charge in [0.2, 0.25) is 5.95 Å². The number of hydrogen-bond donors (Lipinski definition) is 0. The summed E-state index contributed by atoms with van der Waals surface area (Å²) in [6.07, 6.45) is 0. The molecule has 14 aromatic rings. The summed E-state index contributed by atoms with van der Waals surface area (Å²) in [5.41, 5.74) is 12.1. The van der Waals surface area contributed by atoms with Crippen molar-refractivity contribution in [3.63, 3.8) is 0 Å². The Hall–Kier alpha value is -8.06. The fourth-order valence-electron chi connectivity index (χ4n) is 10.3. The van der Waals surface area contributed by atoms with Crippen LogP contribution >= 0.6 is 11.3 Å². The molecule has 9 aromatic carbocycles. The van der Waals surface area contributed by atoms with Crippen LogP contribution in [0.2, 0.25) is 0 Å². The summed E-state index contributed by atoms with van der Waals surface area (Å²) >= 11 is 1.85. The van der Waals surface area contributed by atoms with Gasteiger partial charge in [0.15, 0.2) is 0 Å². The second-order valence-electron chi connectivity index (χ2n) is 16.1. The minimum absolute atomic E-state index is 0.652. The summed E-state index contributed by atoms with van der Waals surface area (Å²) in [5.74, 6) is 0.652. The second kappa shape index (κ2) is 12.7. The molecule has 0 atom stereocenters. The highest BCUT2D eigenvalue weighted by Gasteiger charge is 2.24. The average Bonchev–Trinajstić information content (AvgIpc) is 4.08. The fraction of sp³-hybridized carbons (Fsp3) is 0. The van der Waals surface area contributed by atoms with E-state index in [-0.39, 0.29) is 0 Å². The van der Waals surface area contributed by atoms with Gasteiger partial charge >= 0.3 is 0 Å². The third kappa shape index (κ3) is 4.61. The van der Waals surface area contributed by atoms with Gasteiger partial charge in [-0.05, 0) is 72.8 Å². The van der Waals surface area contributed by atoms with Crippen molar-refractivity contribution in [3.05, 3.63) is 200 Å². The third-order valence-corrected chi connectivity index (χ3v) is 14.0. The summed E-state index contributed by atoms with van der Waals surface area (Å²) in [6.45, 7) is 0. The summed E-state index contributed by atoms with van der Waals surface area (Å²) in [7, 11) is 0. The van der Waals surface area contributed by atoms with Gasteiger partial charge in [-0.2, -0.15) is 0 Å². The van der Waals surface area contributed by atoms with Crippen LogP contribution in [-0.2, 0) is 0 Å². The molecule has 5 aromatic heterocycles. The molecule has 0 saturated heterocycles. The molecule has 5 heterocycles. The molecule has 62 heavy (non-hydrogen) atoms. The number of hydrogen-bond acceptors (Lipinski definition) is 3. The molecule has 0 saturated carbocycles. The van der Waals surface area contributed by atoms with Crippen LogP contribution in [0.3, 0.4) is 0 Å². The Morgan fingerprint density at radius 3 is 1.47 bits per heavy atom. The summed E-state index contributed by atoms with van der Waals surface area (Å²) < 4.78 is 9.64. The SMILES string of the molecule is c1ccc(-n2c3ccccc3c3cc(-c4nc(-n5c6ccccc6c6ccc7sc8ccc9c%10ccccc%10n(-c%10ccccc%10)c9c8c7c65)nc5ccccc45)ccc32)cc1. The third-order valence-electron chi connectivity index (χ3n) is 12.8. The van der Waals surface area contributed by atoms with Crippen molar-refractivity contribution < 1.29 is 0 Å². The van der Waals surface area contributed by atoms with Crippen LogP contribution in [0.4, 0.5) is 0 Å². The lowest BCUT2D eigenvalue weighted by molar-refractivity contribution is 1.02. The molecular weight excluding hydrogens is 775 g/mol. The van der Waals surface area contributed by atoms with E-state index in [0.717, 1.165) is 50.1 Å². The highest BCUT2D eigenvalue weighted by atomic mass is 32.1. The molecule has 288 valence electrons. The quantitative estimate of drug-likeness (QED) is 0.178. The Morgan fingerprint density at radius 1 is 0.339 bits per heavy atom. The molecule has 14 rings (SSSR count). The van der Waals surface area contributed by atoms with Crippen LogP contribution < -0.4 is 0 Å². The van der Waals surface area contributed by atoms with Crippen LogP contribution in [0.1, 0.15) is 0 Å². The molecule has 0 fully saturated rings. The van der Waals surface area contributed by atoms with Crippen LogP contribution in [0.15, 0.2) is 200 Å². The zero-order valence-electron chi connectivity index (χ0n) is 33.2. The van der Waals surface area contributed by atoms with Crippen molar-refractivity contribution in [1.82, 2.24) is 23.7 Å². The minimum atomic E-state index is 0.652. The largest absolute Gasteiger partial charge is 0.309 e. The molecule has 0 aliphatic carbocycles. The van der Waals surface area contributed by atoms with Gasteiger partial charge in [0.05, 0.1) is 44.3 Å². The topological polar surface area (TPSA) is 40.6 Å². The molecule has 0 N–H and O–H groups in total. The van der Waals surface area contributed by atoms with Gasteiger partial charge in [0.1, 0.15) is 0 Å². The van der Waals surface area contributed by atoms with E-state index in [0.29, 0.717) is 5.95 Å². The Labute approximate surface area is 358 Å². The Bertz CT molecular complexity index is 4150. The van der Waals surface area contributed by atoms with Gasteiger partial charge < -0.3 is 9.13 Å². The van der Waals surface area contributed by atoms with E-state index < -0.39 is 0 Å². The van der Waals surface area contributed by atoms with Crippen molar-refractivity contribution in [2.75, 3.05) is 0 Å². The lowest BCUT2D eigenvalue weighted by atomic mass is 10.0. The molecule has 0 aliphatic rings. The number of aromatic nitrogens is 5. The fourth-order valence-corrected chi connectivity index (χ4v) is 11.4. The molecule has 0 bridgehead atoms. The highest BCUT2D eigenvalue weighted by Crippen LogP contribution is 2.48. The lowest BCUT2D eigenvalue weighted by Crippen LogP contribution is -2.03. The molecule has 6 heteroatoms. The van der Waals surface area contributed by atoms with E-state index in [1.165, 1.54) is 69.0 Å². The monoisotopic (exact) mass is 807 g/mol. The first-order valence-corrected chi connectivity index (χ1v) is 21.8. The van der Waals surface area contributed by atoms with Gasteiger partial charge in [0.25, 0.3) is 0 Å². The summed E-state index contributed by atoms with van der Waals surface area (Å²) in [6, 6.07) is 72.1. The Kier molecular flexibility index (Phi) is 6.92. The standard InChI is InChI=1S/C56H33N5S/c1-3-15-35(16-4-1)59-45-24-12-10-21-39(45)43-33-34(27-30-48(43)59)53-42-22-7-11-23-44(42)57-56(58-53)61-47-26-14-9-20-38(47)41-29-32-50-52(55(41)61)51-49(62-50)31-28-40-37-19-8-13-25-46(37)60(54(40)51)36-17-5-2-6-18-36/h1-33H. The van der Waals surface area contributed by atoms with E-state index in [1.807, 2.05) is 11.3 Å². The average molecular weight is 808 g/mol. The predicted molar refractivity (Wildman–Crippen MR) is 261 cm³/mol. The maximum absolute atomic E-state index is 5.64. The number of nitrogens with zero attached hydrogens (tertiary/aromatic N) is 5. The van der Waals surface area contributed by atoms with Crippen LogP contribution in [-0.4, -0.2) is 23.7 Å². The van der Waals surface area contributed by atoms with E-state index >= 15 is 0 Å². The molecule has 0 unspecified atom stereocenters. The molecular formula is C56H33N5S. The predicted octanol–water partition coefficient (Wildman–Crippen LogP) is 15.0. The van der Waals surface area contributed by atoms with Crippen molar-refractivity contribution in [1.29, 1.82) is 0 Å². The van der Waals surface area contributed by atoms with Gasteiger partial charge in [-0.3, -0.25) is 4.57 Å². The minimum Gasteiger partial charge on any atom is -0.309 e. The van der Waals surface area contributed by atoms with E-state index in [4.69, 9.17) is 9.97 Å². The van der Waals surface area contributed by atoms with Gasteiger partial charge in [-0.15, -0.1) is 11.3 Å². The number of benzene rings is 9. The zero-order chi connectivity index (χ0) is 40.5. The van der Waals surface area contributed by atoms with Crippen molar-refractivity contribution in [2.24, 2.45) is 0 Å². The molecule has 0 amide bonds. The molecule has 5 nitrogen and oxygen atoms in total. The van der Waals surface area contributed by atoms with E-state index in [1.54, 1.807) is 0 Å². The van der Waals surface area contributed by atoms with Gasteiger partial charge in [-0.25, -0.2) is 9.97 Å². The van der Waals surface area contributed by atoms with Crippen molar-refractivity contribution in [3.8, 4) is 28.6 Å². The van der Waals surface area contributed by atoms with Gasteiger partial charge in [0, 0.05) is 74.8 Å². The Balaban J connectivity index is 1.10. The van der Waals surface area contributed by atoms with Crippen LogP contribution in [0.25, 0.3) is 125 Å². The zero-order valence-corrected chi connectivity index (χ0v) is 34.0. The number of para-hydroxylation sites is 6. The number of rotatable bonds is 4. The van der Waals surface area contributed by atoms with E-state index in [2.05, 4.69) is 214 Å². The first-order chi connectivity index (χ1) is 30.8. The van der Waals surface area contributed by atoms with Gasteiger partial charge in [-0.1, -0.05) is 127 Å². The normalized spacial score (nSPS) is 12.2. The van der Waals surface area contributed by atoms with Crippen molar-refractivity contribution >= 4 is 108 Å². The van der Waals surface area contributed by atoms with Crippen molar-refractivity contribution in [2.45, 2.75) is 0 Å². The maximum Gasteiger partial charge on any atom is 0.235 e. The first kappa shape index (κ1) is 33.7. The highest BCUT2D eigenvalue weighted by molar-refractivity contribution is 7.26. The number of thiophene rings is 1. The second-order valence-corrected chi connectivity index (χ2v) is 17.2. The lowest BCUT2D eigenvalue weighted by Gasteiger charge is -2.13. The molecule has 0 radical (unpaired) electrons. The summed E-state index contributed by atoms with van der Waals surface area (Å²) in [4.78, 5) is 11.1. The summed E-state index contributed by atoms with van der Waals surface area (Å²) in [5, 5.41) is 10.7. The molecule has 0 aliphatic heterocycles.